The van der Waals surface area contributed by atoms with Crippen LogP contribution in [-0.4, -0.2) is 27.8 Å². The molecule has 7 heteroatoms. The van der Waals surface area contributed by atoms with E-state index in [1.807, 2.05) is 16.7 Å². The molecule has 0 N–H and O–H groups in total. The molecule has 1 aromatic carbocycles. The van der Waals surface area contributed by atoms with Crippen LogP contribution in [0.15, 0.2) is 22.7 Å². The Kier molecular flexibility index (Phi) is 5.36. The summed E-state index contributed by atoms with van der Waals surface area (Å²) in [5.41, 5.74) is 1.12. The van der Waals surface area contributed by atoms with Gasteiger partial charge < -0.3 is 4.74 Å². The predicted molar refractivity (Wildman–Crippen MR) is 84.0 cm³/mol. The first-order valence-corrected chi connectivity index (χ1v) is 7.82. The number of carbonyl (C=O) groups excluding carboxylic acids is 1. The molecule has 0 amide bonds. The number of hydrogen-bond acceptors (Lipinski definition) is 4. The van der Waals surface area contributed by atoms with Crippen molar-refractivity contribution in [1.29, 1.82) is 0 Å². The van der Waals surface area contributed by atoms with Gasteiger partial charge in [0.15, 0.2) is 5.82 Å². The molecular weight excluding hydrogens is 358 g/mol. The number of aromatic nitrogens is 3. The maximum absolute atomic E-state index is 12.0. The molecule has 0 fully saturated rings. The Bertz CT molecular complexity index is 658. The second-order valence-corrected chi connectivity index (χ2v) is 5.59. The molecule has 21 heavy (non-hydrogen) atoms. The molecule has 1 heterocycles. The summed E-state index contributed by atoms with van der Waals surface area (Å²) in [6.45, 7) is 2.06. The Labute approximate surface area is 136 Å². The van der Waals surface area contributed by atoms with E-state index in [1.165, 1.54) is 7.11 Å². The molecular formula is C14H15BrClN3O2. The van der Waals surface area contributed by atoms with Gasteiger partial charge in [-0.2, -0.15) is 0 Å². The highest BCUT2D eigenvalue weighted by Gasteiger charge is 2.19. The van der Waals surface area contributed by atoms with Crippen molar-refractivity contribution in [3.05, 3.63) is 39.9 Å². The van der Waals surface area contributed by atoms with Crippen LogP contribution in [-0.2, 0) is 17.0 Å². The Morgan fingerprint density at radius 3 is 2.71 bits per heavy atom. The zero-order valence-corrected chi connectivity index (χ0v) is 14.1. The van der Waals surface area contributed by atoms with Crippen molar-refractivity contribution in [3.63, 3.8) is 0 Å². The number of benzene rings is 1. The molecule has 5 nitrogen and oxygen atoms in total. The van der Waals surface area contributed by atoms with Crippen LogP contribution in [0.3, 0.4) is 0 Å². The Hall–Kier alpha value is -1.40. The summed E-state index contributed by atoms with van der Waals surface area (Å²) in [6, 6.07) is 5.40. The zero-order valence-electron chi connectivity index (χ0n) is 11.8. The molecule has 0 saturated heterocycles. The third kappa shape index (κ3) is 3.27. The first-order chi connectivity index (χ1) is 10.1. The predicted octanol–water partition coefficient (Wildman–Crippen LogP) is 3.51. The van der Waals surface area contributed by atoms with E-state index in [0.29, 0.717) is 17.1 Å². The number of ether oxygens (including phenoxy) is 1. The first kappa shape index (κ1) is 16.0. The third-order valence-corrected chi connectivity index (χ3v) is 3.73. The number of nitrogens with zero attached hydrogens (tertiary/aromatic N) is 3. The summed E-state index contributed by atoms with van der Waals surface area (Å²) >= 11 is 9.31. The molecule has 0 atom stereocenters. The second kappa shape index (κ2) is 7.04. The highest BCUT2D eigenvalue weighted by Crippen LogP contribution is 2.24. The lowest BCUT2D eigenvalue weighted by molar-refractivity contribution is 0.0600. The van der Waals surface area contributed by atoms with Gasteiger partial charge in [-0.05, 0) is 24.6 Å². The lowest BCUT2D eigenvalue weighted by Crippen LogP contribution is -2.12. The van der Waals surface area contributed by atoms with Gasteiger partial charge in [-0.3, -0.25) is 4.57 Å². The van der Waals surface area contributed by atoms with Gasteiger partial charge in [0.2, 0.25) is 0 Å². The topological polar surface area (TPSA) is 57.0 Å². The highest BCUT2D eigenvalue weighted by molar-refractivity contribution is 9.10. The quantitative estimate of drug-likeness (QED) is 0.595. The Balaban J connectivity index is 2.66. The van der Waals surface area contributed by atoms with Crippen LogP contribution in [0.25, 0.3) is 5.69 Å². The fourth-order valence-corrected chi connectivity index (χ4v) is 2.61. The van der Waals surface area contributed by atoms with E-state index in [9.17, 15) is 4.79 Å². The van der Waals surface area contributed by atoms with Gasteiger partial charge in [-0.15, -0.1) is 21.8 Å². The van der Waals surface area contributed by atoms with Gasteiger partial charge >= 0.3 is 5.97 Å². The van der Waals surface area contributed by atoms with Gasteiger partial charge in [0.1, 0.15) is 5.82 Å². The lowest BCUT2D eigenvalue weighted by Gasteiger charge is -2.13. The number of methoxy groups -OCH3 is 1. The summed E-state index contributed by atoms with van der Waals surface area (Å²) < 4.78 is 7.48. The minimum Gasteiger partial charge on any atom is -0.465 e. The van der Waals surface area contributed by atoms with Crippen molar-refractivity contribution in [1.82, 2.24) is 14.8 Å². The molecule has 0 aliphatic rings. The number of aryl methyl sites for hydroxylation is 1. The van der Waals surface area contributed by atoms with Crippen molar-refractivity contribution in [2.24, 2.45) is 0 Å². The molecule has 0 aliphatic carbocycles. The molecule has 0 spiro atoms. The van der Waals surface area contributed by atoms with Crippen LogP contribution in [0, 0.1) is 0 Å². The number of hydrogen-bond donors (Lipinski definition) is 0. The summed E-state index contributed by atoms with van der Waals surface area (Å²) in [5.74, 6) is 1.18. The van der Waals surface area contributed by atoms with Crippen LogP contribution >= 0.6 is 27.5 Å². The van der Waals surface area contributed by atoms with Gasteiger partial charge in [0.05, 0.1) is 24.2 Å². The van der Waals surface area contributed by atoms with E-state index >= 15 is 0 Å². The lowest BCUT2D eigenvalue weighted by atomic mass is 10.1. The molecule has 0 radical (unpaired) electrons. The number of esters is 1. The number of halogens is 2. The normalized spacial score (nSPS) is 10.7. The summed E-state index contributed by atoms with van der Waals surface area (Å²) in [5, 5.41) is 8.26. The molecule has 0 unspecified atom stereocenters. The van der Waals surface area contributed by atoms with Gasteiger partial charge in [0.25, 0.3) is 0 Å². The summed E-state index contributed by atoms with van der Waals surface area (Å²) in [7, 11) is 1.36. The SMILES string of the molecule is CCCc1nnc(CCl)n1-c1ccc(Br)cc1C(=O)OC. The minimum absolute atomic E-state index is 0.216. The van der Waals surface area contributed by atoms with E-state index in [1.54, 1.807) is 6.07 Å². The zero-order chi connectivity index (χ0) is 15.4. The number of alkyl halides is 1. The Morgan fingerprint density at radius 2 is 2.10 bits per heavy atom. The smallest absolute Gasteiger partial charge is 0.340 e. The molecule has 2 aromatic rings. The van der Waals surface area contributed by atoms with Gasteiger partial charge in [-0.1, -0.05) is 22.9 Å². The number of carbonyl (C=O) groups is 1. The molecule has 2 rings (SSSR count). The van der Waals surface area contributed by atoms with Gasteiger partial charge in [-0.25, -0.2) is 4.79 Å². The van der Waals surface area contributed by atoms with Crippen LogP contribution in [0.1, 0.15) is 35.4 Å². The molecule has 1 aromatic heterocycles. The van der Waals surface area contributed by atoms with E-state index in [2.05, 4.69) is 33.1 Å². The molecule has 0 saturated carbocycles. The second-order valence-electron chi connectivity index (χ2n) is 4.40. The van der Waals surface area contributed by atoms with E-state index in [0.717, 1.165) is 23.1 Å². The average Bonchev–Trinajstić information content (AvgIpc) is 2.89. The molecule has 0 aliphatic heterocycles. The van der Waals surface area contributed by atoms with Gasteiger partial charge in [0, 0.05) is 10.9 Å². The maximum Gasteiger partial charge on any atom is 0.340 e. The van der Waals surface area contributed by atoms with E-state index in [4.69, 9.17) is 16.3 Å². The fourth-order valence-electron chi connectivity index (χ4n) is 2.08. The van der Waals surface area contributed by atoms with E-state index < -0.39 is 5.97 Å². The summed E-state index contributed by atoms with van der Waals surface area (Å²) in [6.07, 6.45) is 1.67. The van der Waals surface area contributed by atoms with Crippen LogP contribution in [0.4, 0.5) is 0 Å². The maximum atomic E-state index is 12.0. The van der Waals surface area contributed by atoms with Crippen molar-refractivity contribution >= 4 is 33.5 Å². The van der Waals surface area contributed by atoms with Crippen molar-refractivity contribution in [2.75, 3.05) is 7.11 Å². The monoisotopic (exact) mass is 371 g/mol. The van der Waals surface area contributed by atoms with Crippen LogP contribution in [0.5, 0.6) is 0 Å². The van der Waals surface area contributed by atoms with Crippen molar-refractivity contribution < 1.29 is 9.53 Å². The van der Waals surface area contributed by atoms with Crippen LogP contribution < -0.4 is 0 Å². The number of rotatable bonds is 5. The third-order valence-electron chi connectivity index (χ3n) is 3.00. The standard InChI is InChI=1S/C14H15BrClN3O2/c1-3-4-12-17-18-13(8-16)19(12)11-6-5-9(15)7-10(11)14(20)21-2/h5-7H,3-4,8H2,1-2H3. The first-order valence-electron chi connectivity index (χ1n) is 6.49. The molecule has 0 bridgehead atoms. The largest absolute Gasteiger partial charge is 0.465 e. The Morgan fingerprint density at radius 1 is 1.38 bits per heavy atom. The fraction of sp³-hybridized carbons (Fsp3) is 0.357. The van der Waals surface area contributed by atoms with Crippen molar-refractivity contribution in [3.8, 4) is 5.69 Å². The van der Waals surface area contributed by atoms with Crippen molar-refractivity contribution in [2.45, 2.75) is 25.6 Å². The average molecular weight is 373 g/mol. The summed E-state index contributed by atoms with van der Waals surface area (Å²) in [4.78, 5) is 12.0. The van der Waals surface area contributed by atoms with Crippen LogP contribution in [0.2, 0.25) is 0 Å². The van der Waals surface area contributed by atoms with E-state index in [-0.39, 0.29) is 5.88 Å². The minimum atomic E-state index is -0.414. The highest BCUT2D eigenvalue weighted by atomic mass is 79.9. The molecule has 112 valence electrons.